The molecular formula is C14H19F3N2O2. The average molecular weight is 304 g/mol. The Kier molecular flexibility index (Phi) is 4.32. The SMILES string of the molecule is CC1(C(=O)N(Cc2ccco2)CC(F)(F)F)CCCC1N. The molecule has 1 saturated carbocycles. The molecule has 0 aliphatic heterocycles. The van der Waals surface area contributed by atoms with E-state index in [1.807, 2.05) is 0 Å². The van der Waals surface area contributed by atoms with Gasteiger partial charge in [-0.05, 0) is 31.9 Å². The van der Waals surface area contributed by atoms with Crippen LogP contribution in [0, 0.1) is 5.41 Å². The second kappa shape index (κ2) is 5.71. The molecule has 4 nitrogen and oxygen atoms in total. The first-order valence-corrected chi connectivity index (χ1v) is 6.86. The van der Waals surface area contributed by atoms with Crippen LogP contribution in [-0.2, 0) is 11.3 Å². The van der Waals surface area contributed by atoms with Gasteiger partial charge < -0.3 is 15.1 Å². The van der Waals surface area contributed by atoms with Crippen LogP contribution in [0.5, 0.6) is 0 Å². The molecule has 2 unspecified atom stereocenters. The van der Waals surface area contributed by atoms with E-state index in [-0.39, 0.29) is 6.54 Å². The van der Waals surface area contributed by atoms with E-state index in [0.717, 1.165) is 11.3 Å². The first kappa shape index (κ1) is 15.9. The molecule has 2 N–H and O–H groups in total. The number of nitrogens with two attached hydrogens (primary N) is 1. The van der Waals surface area contributed by atoms with Crippen molar-refractivity contribution < 1.29 is 22.4 Å². The molecule has 1 amide bonds. The molecule has 0 bridgehead atoms. The van der Waals surface area contributed by atoms with Crippen LogP contribution in [0.25, 0.3) is 0 Å². The van der Waals surface area contributed by atoms with Crippen molar-refractivity contribution in [1.29, 1.82) is 0 Å². The quantitative estimate of drug-likeness (QED) is 0.930. The van der Waals surface area contributed by atoms with E-state index >= 15 is 0 Å². The van der Waals surface area contributed by atoms with Gasteiger partial charge in [-0.1, -0.05) is 6.42 Å². The number of halogens is 3. The molecule has 21 heavy (non-hydrogen) atoms. The molecule has 1 aliphatic rings. The number of furan rings is 1. The van der Waals surface area contributed by atoms with Gasteiger partial charge in [0.05, 0.1) is 18.2 Å². The van der Waals surface area contributed by atoms with Crippen LogP contribution in [0.2, 0.25) is 0 Å². The molecule has 1 aromatic heterocycles. The summed E-state index contributed by atoms with van der Waals surface area (Å²) in [6.45, 7) is 0.154. The van der Waals surface area contributed by atoms with Crippen molar-refractivity contribution in [2.24, 2.45) is 11.1 Å². The molecule has 0 radical (unpaired) electrons. The third kappa shape index (κ3) is 3.58. The highest BCUT2D eigenvalue weighted by atomic mass is 19.4. The van der Waals surface area contributed by atoms with Crippen molar-refractivity contribution >= 4 is 5.91 Å². The summed E-state index contributed by atoms with van der Waals surface area (Å²) in [5, 5.41) is 0. The zero-order chi connectivity index (χ0) is 15.7. The minimum Gasteiger partial charge on any atom is -0.467 e. The lowest BCUT2D eigenvalue weighted by Crippen LogP contribution is -2.51. The Balaban J connectivity index is 2.19. The normalized spacial score (nSPS) is 26.0. The summed E-state index contributed by atoms with van der Waals surface area (Å²) in [6.07, 6.45) is -1.16. The van der Waals surface area contributed by atoms with E-state index in [1.165, 1.54) is 6.26 Å². The highest BCUT2D eigenvalue weighted by Crippen LogP contribution is 2.39. The second-order valence-electron chi connectivity index (χ2n) is 5.77. The summed E-state index contributed by atoms with van der Waals surface area (Å²) >= 11 is 0. The van der Waals surface area contributed by atoms with Gasteiger partial charge in [0.2, 0.25) is 5.91 Å². The van der Waals surface area contributed by atoms with E-state index in [9.17, 15) is 18.0 Å². The van der Waals surface area contributed by atoms with Gasteiger partial charge in [0, 0.05) is 6.04 Å². The monoisotopic (exact) mass is 304 g/mol. The number of carbonyl (C=O) groups excluding carboxylic acids is 1. The van der Waals surface area contributed by atoms with Crippen molar-refractivity contribution in [2.75, 3.05) is 6.54 Å². The minimum atomic E-state index is -4.46. The van der Waals surface area contributed by atoms with Crippen molar-refractivity contribution in [1.82, 2.24) is 4.90 Å². The van der Waals surface area contributed by atoms with Gasteiger partial charge >= 0.3 is 6.18 Å². The van der Waals surface area contributed by atoms with Crippen LogP contribution in [0.15, 0.2) is 22.8 Å². The Morgan fingerprint density at radius 3 is 2.76 bits per heavy atom. The van der Waals surface area contributed by atoms with Crippen molar-refractivity contribution in [3.8, 4) is 0 Å². The Labute approximate surface area is 121 Å². The molecule has 0 aromatic carbocycles. The maximum Gasteiger partial charge on any atom is 0.406 e. The summed E-state index contributed by atoms with van der Waals surface area (Å²) in [6, 6.07) is 2.72. The Morgan fingerprint density at radius 1 is 1.57 bits per heavy atom. The summed E-state index contributed by atoms with van der Waals surface area (Å²) in [4.78, 5) is 13.4. The summed E-state index contributed by atoms with van der Waals surface area (Å²) in [5.41, 5.74) is 5.00. The molecule has 1 aliphatic carbocycles. The molecule has 118 valence electrons. The van der Waals surface area contributed by atoms with Crippen LogP contribution >= 0.6 is 0 Å². The molecule has 1 fully saturated rings. The fourth-order valence-electron chi connectivity index (χ4n) is 2.83. The van der Waals surface area contributed by atoms with Gasteiger partial charge in [-0.3, -0.25) is 4.79 Å². The van der Waals surface area contributed by atoms with Crippen LogP contribution in [-0.4, -0.2) is 29.6 Å². The Hall–Kier alpha value is -1.50. The third-order valence-corrected chi connectivity index (χ3v) is 4.10. The zero-order valence-electron chi connectivity index (χ0n) is 11.8. The largest absolute Gasteiger partial charge is 0.467 e. The van der Waals surface area contributed by atoms with Crippen molar-refractivity contribution in [2.45, 2.75) is 44.9 Å². The first-order chi connectivity index (χ1) is 9.72. The number of amides is 1. The molecule has 2 rings (SSSR count). The van der Waals surface area contributed by atoms with Crippen LogP contribution in [0.3, 0.4) is 0 Å². The maximum absolute atomic E-state index is 12.7. The number of alkyl halides is 3. The highest BCUT2D eigenvalue weighted by Gasteiger charge is 2.47. The van der Waals surface area contributed by atoms with Gasteiger partial charge in [0.25, 0.3) is 0 Å². The number of rotatable bonds is 4. The summed E-state index contributed by atoms with van der Waals surface area (Å²) in [7, 11) is 0. The third-order valence-electron chi connectivity index (χ3n) is 4.10. The lowest BCUT2D eigenvalue weighted by atomic mass is 9.83. The lowest BCUT2D eigenvalue weighted by molar-refractivity contribution is -0.169. The summed E-state index contributed by atoms with van der Waals surface area (Å²) in [5.74, 6) is -0.232. The average Bonchev–Trinajstić information content (AvgIpc) is 2.98. The van der Waals surface area contributed by atoms with Gasteiger partial charge in [0.1, 0.15) is 12.3 Å². The number of hydrogen-bond acceptors (Lipinski definition) is 3. The van der Waals surface area contributed by atoms with E-state index < -0.39 is 30.1 Å². The van der Waals surface area contributed by atoms with E-state index in [1.54, 1.807) is 19.1 Å². The second-order valence-corrected chi connectivity index (χ2v) is 5.77. The van der Waals surface area contributed by atoms with Crippen LogP contribution in [0.1, 0.15) is 31.9 Å². The molecule has 1 heterocycles. The summed E-state index contributed by atoms with van der Waals surface area (Å²) < 4.78 is 43.3. The smallest absolute Gasteiger partial charge is 0.406 e. The highest BCUT2D eigenvalue weighted by molar-refractivity contribution is 5.83. The fourth-order valence-corrected chi connectivity index (χ4v) is 2.83. The number of nitrogens with zero attached hydrogens (tertiary/aromatic N) is 1. The molecule has 0 spiro atoms. The first-order valence-electron chi connectivity index (χ1n) is 6.86. The lowest BCUT2D eigenvalue weighted by Gasteiger charge is -2.34. The molecule has 2 atom stereocenters. The van der Waals surface area contributed by atoms with E-state index in [4.69, 9.17) is 10.2 Å². The van der Waals surface area contributed by atoms with Crippen LogP contribution < -0.4 is 5.73 Å². The standard InChI is InChI=1S/C14H19F3N2O2/c1-13(6-2-5-11(13)18)12(20)19(9-14(15,16)17)8-10-4-3-7-21-10/h3-4,7,11H,2,5-6,8-9,18H2,1H3. The van der Waals surface area contributed by atoms with Crippen molar-refractivity contribution in [3.63, 3.8) is 0 Å². The fraction of sp³-hybridized carbons (Fsp3) is 0.643. The molecular weight excluding hydrogens is 285 g/mol. The molecule has 0 saturated heterocycles. The minimum absolute atomic E-state index is 0.201. The molecule has 1 aromatic rings. The Bertz CT molecular complexity index is 487. The van der Waals surface area contributed by atoms with Gasteiger partial charge in [-0.2, -0.15) is 13.2 Å². The predicted molar refractivity (Wildman–Crippen MR) is 70.1 cm³/mol. The zero-order valence-corrected chi connectivity index (χ0v) is 11.8. The van der Waals surface area contributed by atoms with Crippen molar-refractivity contribution in [3.05, 3.63) is 24.2 Å². The number of carbonyl (C=O) groups is 1. The molecule has 7 heteroatoms. The number of hydrogen-bond donors (Lipinski definition) is 1. The Morgan fingerprint density at radius 2 is 2.29 bits per heavy atom. The van der Waals surface area contributed by atoms with Gasteiger partial charge in [-0.25, -0.2) is 0 Å². The van der Waals surface area contributed by atoms with Gasteiger partial charge in [0.15, 0.2) is 0 Å². The van der Waals surface area contributed by atoms with E-state index in [0.29, 0.717) is 18.6 Å². The maximum atomic E-state index is 12.7. The topological polar surface area (TPSA) is 59.5 Å². The predicted octanol–water partition coefficient (Wildman–Crippen LogP) is 2.69. The van der Waals surface area contributed by atoms with Crippen LogP contribution in [0.4, 0.5) is 13.2 Å². The van der Waals surface area contributed by atoms with Gasteiger partial charge in [-0.15, -0.1) is 0 Å². The van der Waals surface area contributed by atoms with E-state index in [2.05, 4.69) is 0 Å².